The van der Waals surface area contributed by atoms with Crippen LogP contribution in [0.2, 0.25) is 0 Å². The number of carbonyl (C=O) groups excluding carboxylic acids is 1. The molecule has 9 heteroatoms. The van der Waals surface area contributed by atoms with Crippen LogP contribution in [-0.2, 0) is 4.79 Å². The third-order valence-corrected chi connectivity index (χ3v) is 5.60. The van der Waals surface area contributed by atoms with Gasteiger partial charge in [-0.15, -0.1) is 5.10 Å². The lowest BCUT2D eigenvalue weighted by atomic mass is 10.1. The van der Waals surface area contributed by atoms with Gasteiger partial charge >= 0.3 is 0 Å². The molecule has 0 radical (unpaired) electrons. The van der Waals surface area contributed by atoms with Crippen molar-refractivity contribution < 1.29 is 14.1 Å². The number of piperidine rings is 1. The van der Waals surface area contributed by atoms with Gasteiger partial charge in [-0.05, 0) is 44.7 Å². The molecule has 1 aromatic carbocycles. The molecule has 2 aliphatic rings. The van der Waals surface area contributed by atoms with E-state index in [4.69, 9.17) is 9.26 Å². The number of hydrogen-bond acceptors (Lipinski definition) is 7. The van der Waals surface area contributed by atoms with Gasteiger partial charge in [-0.25, -0.2) is 4.68 Å². The van der Waals surface area contributed by atoms with Gasteiger partial charge in [0.1, 0.15) is 5.75 Å². The highest BCUT2D eigenvalue weighted by molar-refractivity contribution is 5.81. The van der Waals surface area contributed by atoms with Crippen LogP contribution < -0.4 is 4.74 Å². The average Bonchev–Trinajstić information content (AvgIpc) is 3.30. The number of aromatic nitrogens is 5. The van der Waals surface area contributed by atoms with Crippen molar-refractivity contribution in [2.75, 3.05) is 13.1 Å². The molecule has 0 bridgehead atoms. The lowest BCUT2D eigenvalue weighted by Crippen LogP contribution is -2.46. The first kappa shape index (κ1) is 18.8. The number of benzene rings is 1. The normalized spacial score (nSPS) is 20.2. The molecule has 2 aromatic heterocycles. The maximum absolute atomic E-state index is 12.9. The number of nitrogens with zero attached hydrogens (tertiary/aromatic N) is 6. The molecule has 1 aliphatic carbocycles. The number of amides is 1. The molecule has 2 fully saturated rings. The minimum atomic E-state index is -0.545. The minimum absolute atomic E-state index is 0.0186. The Balaban J connectivity index is 1.24. The predicted octanol–water partition coefficient (Wildman–Crippen LogP) is 2.84. The summed E-state index contributed by atoms with van der Waals surface area (Å²) in [5, 5.41) is 12.5. The van der Waals surface area contributed by atoms with Crippen LogP contribution in [0.15, 0.2) is 41.1 Å². The lowest BCUT2D eigenvalue weighted by molar-refractivity contribution is -0.139. The standard InChI is InChI=1S/C21H24N6O3/c1-14(29-17-7-3-2-4-8-17)21(28)26-11-5-6-16(12-26)27-13-18(23-25-27)20-22-19(24-30-20)15-9-10-15/h2-4,7-8,13-16H,5-6,9-12H2,1H3/t14-,16-/m0/s1. The average molecular weight is 408 g/mol. The molecule has 3 aromatic rings. The Kier molecular flexibility index (Phi) is 4.94. The molecule has 2 atom stereocenters. The maximum atomic E-state index is 12.9. The number of ether oxygens (including phenoxy) is 1. The topological polar surface area (TPSA) is 99.2 Å². The summed E-state index contributed by atoms with van der Waals surface area (Å²) in [6.07, 6.45) is 5.34. The zero-order valence-corrected chi connectivity index (χ0v) is 16.8. The van der Waals surface area contributed by atoms with Crippen molar-refractivity contribution in [2.24, 2.45) is 0 Å². The molecule has 0 unspecified atom stereocenters. The molecule has 0 spiro atoms. The lowest BCUT2D eigenvalue weighted by Gasteiger charge is -2.34. The summed E-state index contributed by atoms with van der Waals surface area (Å²) in [6.45, 7) is 3.08. The van der Waals surface area contributed by atoms with Crippen molar-refractivity contribution in [3.63, 3.8) is 0 Å². The van der Waals surface area contributed by atoms with Crippen LogP contribution in [0.4, 0.5) is 0 Å². The highest BCUT2D eigenvalue weighted by Crippen LogP contribution is 2.38. The smallest absolute Gasteiger partial charge is 0.280 e. The third-order valence-electron chi connectivity index (χ3n) is 5.60. The summed E-state index contributed by atoms with van der Waals surface area (Å²) in [7, 11) is 0. The Bertz CT molecular complexity index is 1010. The third kappa shape index (κ3) is 3.92. The molecule has 0 N–H and O–H groups in total. The Hall–Kier alpha value is -3.23. The molecular formula is C21H24N6O3. The first-order valence-corrected chi connectivity index (χ1v) is 10.4. The van der Waals surface area contributed by atoms with Crippen LogP contribution in [0.3, 0.4) is 0 Å². The first-order chi connectivity index (χ1) is 14.7. The van der Waals surface area contributed by atoms with E-state index in [2.05, 4.69) is 20.5 Å². The van der Waals surface area contributed by atoms with Crippen LogP contribution in [-0.4, -0.2) is 55.1 Å². The molecule has 9 nitrogen and oxygen atoms in total. The number of rotatable bonds is 6. The van der Waals surface area contributed by atoms with E-state index in [0.29, 0.717) is 36.3 Å². The quantitative estimate of drug-likeness (QED) is 0.618. The Labute approximate surface area is 174 Å². The van der Waals surface area contributed by atoms with Gasteiger partial charge in [0.15, 0.2) is 17.6 Å². The zero-order valence-electron chi connectivity index (χ0n) is 16.8. The van der Waals surface area contributed by atoms with Gasteiger partial charge in [-0.3, -0.25) is 4.79 Å². The summed E-state index contributed by atoms with van der Waals surface area (Å²) in [5.74, 6) is 2.25. The van der Waals surface area contributed by atoms with Gasteiger partial charge in [0.2, 0.25) is 0 Å². The van der Waals surface area contributed by atoms with Crippen molar-refractivity contribution in [3.8, 4) is 17.3 Å². The van der Waals surface area contributed by atoms with Gasteiger partial charge in [0, 0.05) is 19.0 Å². The van der Waals surface area contributed by atoms with Crippen LogP contribution in [0.1, 0.15) is 50.4 Å². The predicted molar refractivity (Wildman–Crippen MR) is 107 cm³/mol. The second kappa shape index (κ2) is 7.89. The molecule has 156 valence electrons. The molecule has 1 amide bonds. The number of hydrogen-bond donors (Lipinski definition) is 0. The van der Waals surface area contributed by atoms with E-state index >= 15 is 0 Å². The largest absolute Gasteiger partial charge is 0.481 e. The first-order valence-electron chi connectivity index (χ1n) is 10.4. The SMILES string of the molecule is C[C@H](Oc1ccccc1)C(=O)N1CCC[C@H](n2cc(-c3nc(C4CC4)no3)nn2)C1. The number of para-hydroxylation sites is 1. The van der Waals surface area contributed by atoms with E-state index in [9.17, 15) is 4.79 Å². The van der Waals surface area contributed by atoms with Crippen molar-refractivity contribution in [3.05, 3.63) is 42.4 Å². The van der Waals surface area contributed by atoms with Crippen molar-refractivity contribution >= 4 is 5.91 Å². The Morgan fingerprint density at radius 1 is 1.23 bits per heavy atom. The Morgan fingerprint density at radius 3 is 2.87 bits per heavy atom. The van der Waals surface area contributed by atoms with Crippen LogP contribution in [0.5, 0.6) is 5.75 Å². The van der Waals surface area contributed by atoms with E-state index in [1.54, 1.807) is 11.6 Å². The minimum Gasteiger partial charge on any atom is -0.481 e. The second-order valence-electron chi connectivity index (χ2n) is 7.97. The fourth-order valence-corrected chi connectivity index (χ4v) is 3.78. The molecule has 30 heavy (non-hydrogen) atoms. The van der Waals surface area contributed by atoms with E-state index in [-0.39, 0.29) is 11.9 Å². The summed E-state index contributed by atoms with van der Waals surface area (Å²) in [5.41, 5.74) is 0.568. The molecule has 5 rings (SSSR count). The fourth-order valence-electron chi connectivity index (χ4n) is 3.78. The van der Waals surface area contributed by atoms with Crippen molar-refractivity contribution in [1.29, 1.82) is 0 Å². The monoisotopic (exact) mass is 408 g/mol. The van der Waals surface area contributed by atoms with E-state index in [0.717, 1.165) is 31.5 Å². The van der Waals surface area contributed by atoms with Crippen LogP contribution >= 0.6 is 0 Å². The molecular weight excluding hydrogens is 384 g/mol. The number of carbonyl (C=O) groups is 1. The molecule has 1 saturated carbocycles. The number of likely N-dealkylation sites (tertiary alicyclic amines) is 1. The molecule has 1 aliphatic heterocycles. The van der Waals surface area contributed by atoms with Crippen LogP contribution in [0, 0.1) is 0 Å². The summed E-state index contributed by atoms with van der Waals surface area (Å²) < 4.78 is 13.0. The highest BCUT2D eigenvalue weighted by atomic mass is 16.5. The maximum Gasteiger partial charge on any atom is 0.280 e. The van der Waals surface area contributed by atoms with E-state index in [1.807, 2.05) is 41.4 Å². The zero-order chi connectivity index (χ0) is 20.5. The van der Waals surface area contributed by atoms with Gasteiger partial charge in [0.05, 0.1) is 12.2 Å². The van der Waals surface area contributed by atoms with Gasteiger partial charge in [-0.2, -0.15) is 4.98 Å². The van der Waals surface area contributed by atoms with E-state index < -0.39 is 6.10 Å². The van der Waals surface area contributed by atoms with Crippen molar-refractivity contribution in [2.45, 2.75) is 50.7 Å². The summed E-state index contributed by atoms with van der Waals surface area (Å²) >= 11 is 0. The van der Waals surface area contributed by atoms with Crippen LogP contribution in [0.25, 0.3) is 11.6 Å². The molecule has 3 heterocycles. The van der Waals surface area contributed by atoms with Gasteiger partial charge < -0.3 is 14.2 Å². The van der Waals surface area contributed by atoms with Gasteiger partial charge in [-0.1, -0.05) is 28.6 Å². The van der Waals surface area contributed by atoms with Crippen molar-refractivity contribution in [1.82, 2.24) is 30.0 Å². The summed E-state index contributed by atoms with van der Waals surface area (Å²) in [4.78, 5) is 19.2. The van der Waals surface area contributed by atoms with Gasteiger partial charge in [0.25, 0.3) is 11.8 Å². The fraction of sp³-hybridized carbons (Fsp3) is 0.476. The summed E-state index contributed by atoms with van der Waals surface area (Å²) in [6, 6.07) is 9.46. The second-order valence-corrected chi connectivity index (χ2v) is 7.97. The highest BCUT2D eigenvalue weighted by Gasteiger charge is 2.31. The van der Waals surface area contributed by atoms with E-state index in [1.165, 1.54) is 0 Å². The molecule has 1 saturated heterocycles. The Morgan fingerprint density at radius 2 is 2.07 bits per heavy atom.